The number of hydrogen-bond donors (Lipinski definition) is 2. The van der Waals surface area contributed by atoms with Crippen molar-refractivity contribution < 1.29 is 4.79 Å². The zero-order valence-corrected chi connectivity index (χ0v) is 12.2. The topological polar surface area (TPSA) is 72.9 Å². The highest BCUT2D eigenvalue weighted by atomic mass is 16.2. The van der Waals surface area contributed by atoms with Crippen LogP contribution in [0, 0.1) is 5.41 Å². The highest BCUT2D eigenvalue weighted by Crippen LogP contribution is 2.29. The monoisotopic (exact) mass is 264 g/mol. The Bertz CT molecular complexity index is 472. The third kappa shape index (κ3) is 2.81. The molecule has 19 heavy (non-hydrogen) atoms. The van der Waals surface area contributed by atoms with E-state index < -0.39 is 6.04 Å². The molecule has 0 fully saturated rings. The van der Waals surface area contributed by atoms with Gasteiger partial charge in [0.05, 0.1) is 18.3 Å². The lowest BCUT2D eigenvalue weighted by Gasteiger charge is -2.30. The van der Waals surface area contributed by atoms with Crippen LogP contribution in [0.15, 0.2) is 6.20 Å². The third-order valence-electron chi connectivity index (χ3n) is 3.91. The van der Waals surface area contributed by atoms with Crippen molar-refractivity contribution in [2.24, 2.45) is 18.2 Å². The van der Waals surface area contributed by atoms with Gasteiger partial charge < -0.3 is 11.1 Å². The number of hydrogen-bond acceptors (Lipinski definition) is 3. The van der Waals surface area contributed by atoms with Crippen LogP contribution < -0.4 is 11.1 Å². The summed E-state index contributed by atoms with van der Waals surface area (Å²) in [6.07, 6.45) is 4.93. The molecule has 1 aromatic heterocycles. The SMILES string of the molecule is Cn1ncc2c1CCCC2NC(=O)[C@H](N)C(C)(C)C. The minimum Gasteiger partial charge on any atom is -0.348 e. The Balaban J connectivity index is 2.11. The van der Waals surface area contributed by atoms with Gasteiger partial charge in [0.25, 0.3) is 0 Å². The number of amides is 1. The molecule has 1 aliphatic carbocycles. The maximum atomic E-state index is 12.2. The van der Waals surface area contributed by atoms with Crippen molar-refractivity contribution in [2.45, 2.75) is 52.1 Å². The summed E-state index contributed by atoms with van der Waals surface area (Å²) in [5, 5.41) is 7.36. The van der Waals surface area contributed by atoms with Crippen LogP contribution in [0.4, 0.5) is 0 Å². The summed E-state index contributed by atoms with van der Waals surface area (Å²) in [4.78, 5) is 12.2. The van der Waals surface area contributed by atoms with Crippen molar-refractivity contribution in [3.05, 3.63) is 17.5 Å². The third-order valence-corrected chi connectivity index (χ3v) is 3.91. The molecule has 0 radical (unpaired) electrons. The average molecular weight is 264 g/mol. The number of nitrogens with zero attached hydrogens (tertiary/aromatic N) is 2. The molecule has 0 saturated heterocycles. The summed E-state index contributed by atoms with van der Waals surface area (Å²) in [6.45, 7) is 5.94. The normalized spacial score (nSPS) is 20.8. The molecule has 2 atom stereocenters. The van der Waals surface area contributed by atoms with Gasteiger partial charge in [-0.3, -0.25) is 9.48 Å². The summed E-state index contributed by atoms with van der Waals surface area (Å²) < 4.78 is 1.90. The van der Waals surface area contributed by atoms with Crippen LogP contribution in [0.3, 0.4) is 0 Å². The Morgan fingerprint density at radius 2 is 2.26 bits per heavy atom. The Kier molecular flexibility index (Phi) is 3.67. The Hall–Kier alpha value is -1.36. The van der Waals surface area contributed by atoms with Gasteiger partial charge in [0.2, 0.25) is 5.91 Å². The van der Waals surface area contributed by atoms with Crippen LogP contribution in [0.1, 0.15) is 50.9 Å². The van der Waals surface area contributed by atoms with Gasteiger partial charge in [0.15, 0.2) is 0 Å². The first-order valence-corrected chi connectivity index (χ1v) is 6.87. The summed E-state index contributed by atoms with van der Waals surface area (Å²) >= 11 is 0. The second-order valence-corrected chi connectivity index (χ2v) is 6.47. The molecule has 1 unspecified atom stereocenters. The van der Waals surface area contributed by atoms with E-state index in [1.165, 1.54) is 5.69 Å². The molecule has 1 aromatic rings. The van der Waals surface area contributed by atoms with E-state index in [1.807, 2.05) is 38.7 Å². The number of aryl methyl sites for hydroxylation is 1. The Morgan fingerprint density at radius 3 is 2.89 bits per heavy atom. The number of carbonyl (C=O) groups is 1. The molecule has 0 aliphatic heterocycles. The molecule has 0 bridgehead atoms. The van der Waals surface area contributed by atoms with E-state index in [0.717, 1.165) is 24.8 Å². The summed E-state index contributed by atoms with van der Waals surface area (Å²) in [5.41, 5.74) is 8.14. The van der Waals surface area contributed by atoms with E-state index in [9.17, 15) is 4.79 Å². The van der Waals surface area contributed by atoms with Gasteiger partial charge in [-0.2, -0.15) is 5.10 Å². The van der Waals surface area contributed by atoms with Crippen molar-refractivity contribution in [3.63, 3.8) is 0 Å². The van der Waals surface area contributed by atoms with Gasteiger partial charge in [-0.15, -0.1) is 0 Å². The van der Waals surface area contributed by atoms with Gasteiger partial charge in [-0.25, -0.2) is 0 Å². The van der Waals surface area contributed by atoms with Crippen molar-refractivity contribution in [3.8, 4) is 0 Å². The van der Waals surface area contributed by atoms with Crippen LogP contribution >= 0.6 is 0 Å². The van der Waals surface area contributed by atoms with Crippen LogP contribution in [0.5, 0.6) is 0 Å². The number of nitrogens with two attached hydrogens (primary N) is 1. The summed E-state index contributed by atoms with van der Waals surface area (Å²) in [6, 6.07) is -0.437. The highest BCUT2D eigenvalue weighted by Gasteiger charge is 2.31. The lowest BCUT2D eigenvalue weighted by molar-refractivity contribution is -0.125. The lowest BCUT2D eigenvalue weighted by Crippen LogP contribution is -2.49. The highest BCUT2D eigenvalue weighted by molar-refractivity contribution is 5.82. The smallest absolute Gasteiger partial charge is 0.237 e. The Morgan fingerprint density at radius 1 is 1.58 bits per heavy atom. The largest absolute Gasteiger partial charge is 0.348 e. The van der Waals surface area contributed by atoms with Crippen molar-refractivity contribution in [2.75, 3.05) is 0 Å². The van der Waals surface area contributed by atoms with E-state index in [-0.39, 0.29) is 17.4 Å². The molecule has 106 valence electrons. The molecule has 0 spiro atoms. The second-order valence-electron chi connectivity index (χ2n) is 6.47. The van der Waals surface area contributed by atoms with Gasteiger partial charge in [0.1, 0.15) is 0 Å². The fourth-order valence-electron chi connectivity index (χ4n) is 2.51. The number of carbonyl (C=O) groups excluding carboxylic acids is 1. The van der Waals surface area contributed by atoms with Crippen LogP contribution in [-0.2, 0) is 18.3 Å². The molecule has 5 heteroatoms. The van der Waals surface area contributed by atoms with E-state index >= 15 is 0 Å². The predicted molar refractivity (Wildman–Crippen MR) is 74.5 cm³/mol. The summed E-state index contributed by atoms with van der Waals surface area (Å²) in [5.74, 6) is -0.0748. The first-order chi connectivity index (χ1) is 8.80. The summed E-state index contributed by atoms with van der Waals surface area (Å²) in [7, 11) is 1.95. The van der Waals surface area contributed by atoms with Crippen molar-refractivity contribution in [1.29, 1.82) is 0 Å². The maximum absolute atomic E-state index is 12.2. The zero-order chi connectivity index (χ0) is 14.2. The van der Waals surface area contributed by atoms with Crippen LogP contribution in [0.2, 0.25) is 0 Å². The Labute approximate surface area is 114 Å². The quantitative estimate of drug-likeness (QED) is 0.845. The number of rotatable bonds is 2. The fourth-order valence-corrected chi connectivity index (χ4v) is 2.51. The molecule has 3 N–H and O–H groups in total. The second kappa shape index (κ2) is 4.96. The first kappa shape index (κ1) is 14.1. The number of fused-ring (bicyclic) bond motifs is 1. The van der Waals surface area contributed by atoms with E-state index in [1.54, 1.807) is 0 Å². The number of nitrogens with one attached hydrogen (secondary N) is 1. The van der Waals surface area contributed by atoms with Crippen LogP contribution in [0.25, 0.3) is 0 Å². The average Bonchev–Trinajstić information content (AvgIpc) is 2.70. The predicted octanol–water partition coefficient (Wildman–Crippen LogP) is 1.29. The molecule has 2 rings (SSSR count). The van der Waals surface area contributed by atoms with Gasteiger partial charge in [-0.05, 0) is 24.7 Å². The molecular formula is C14H24N4O. The molecule has 1 heterocycles. The standard InChI is InChI=1S/C14H24N4O/c1-14(2,3)12(15)13(19)17-10-6-5-7-11-9(10)8-16-18(11)4/h8,10,12H,5-7,15H2,1-4H3,(H,17,19)/t10?,12-/m0/s1. The first-order valence-electron chi connectivity index (χ1n) is 6.87. The van der Waals surface area contributed by atoms with Crippen molar-refractivity contribution >= 4 is 5.91 Å². The minimum atomic E-state index is -0.491. The molecule has 0 aromatic carbocycles. The molecule has 1 amide bonds. The van der Waals surface area contributed by atoms with Gasteiger partial charge >= 0.3 is 0 Å². The zero-order valence-electron chi connectivity index (χ0n) is 12.2. The molecule has 0 saturated carbocycles. The van der Waals surface area contributed by atoms with Crippen molar-refractivity contribution in [1.82, 2.24) is 15.1 Å². The molecule has 5 nitrogen and oxygen atoms in total. The fraction of sp³-hybridized carbons (Fsp3) is 0.714. The minimum absolute atomic E-state index is 0.0540. The molecular weight excluding hydrogens is 240 g/mol. The van der Waals surface area contributed by atoms with E-state index in [4.69, 9.17) is 5.73 Å². The number of aromatic nitrogens is 2. The van der Waals surface area contributed by atoms with Gasteiger partial charge in [0, 0.05) is 18.3 Å². The lowest BCUT2D eigenvalue weighted by atomic mass is 9.86. The van der Waals surface area contributed by atoms with E-state index in [2.05, 4.69) is 10.4 Å². The van der Waals surface area contributed by atoms with E-state index in [0.29, 0.717) is 0 Å². The molecule has 1 aliphatic rings. The van der Waals surface area contributed by atoms with Gasteiger partial charge in [-0.1, -0.05) is 20.8 Å². The maximum Gasteiger partial charge on any atom is 0.237 e. The van der Waals surface area contributed by atoms with Crippen LogP contribution in [-0.4, -0.2) is 21.7 Å².